The van der Waals surface area contributed by atoms with Crippen molar-refractivity contribution in [3.63, 3.8) is 0 Å². The van der Waals surface area contributed by atoms with Gasteiger partial charge in [-0.2, -0.15) is 0 Å². The minimum atomic E-state index is -0.260. The Hall–Kier alpha value is -0.240. The molecule has 6 N–H and O–H groups in total. The summed E-state index contributed by atoms with van der Waals surface area (Å²) in [6.45, 7) is 11.0. The Morgan fingerprint density at radius 1 is 0.636 bits per heavy atom. The molecule has 22 heavy (non-hydrogen) atoms. The standard InChI is InChI=1S/C16H38N4O2/c1-3-17-11-7-15(21)13-19-9-5-6-10-20-14-16(22)8-12-18-4-2/h15-22H,3-14H2,1-2H3. The Morgan fingerprint density at radius 2 is 1.05 bits per heavy atom. The van der Waals surface area contributed by atoms with Crippen molar-refractivity contribution >= 4 is 0 Å². The largest absolute Gasteiger partial charge is 0.392 e. The fourth-order valence-electron chi connectivity index (χ4n) is 2.13. The molecule has 6 nitrogen and oxygen atoms in total. The van der Waals surface area contributed by atoms with Crippen LogP contribution >= 0.6 is 0 Å². The highest BCUT2D eigenvalue weighted by molar-refractivity contribution is 4.63. The molecule has 0 aliphatic heterocycles. The number of unbranched alkanes of at least 4 members (excludes halogenated alkanes) is 1. The normalized spacial score (nSPS) is 14.2. The van der Waals surface area contributed by atoms with Crippen molar-refractivity contribution in [2.24, 2.45) is 0 Å². The van der Waals surface area contributed by atoms with Gasteiger partial charge in [0.15, 0.2) is 0 Å². The van der Waals surface area contributed by atoms with Crippen molar-refractivity contribution in [1.29, 1.82) is 0 Å². The Morgan fingerprint density at radius 3 is 1.41 bits per heavy atom. The van der Waals surface area contributed by atoms with Crippen LogP contribution in [0.1, 0.15) is 39.5 Å². The molecule has 0 bridgehead atoms. The molecule has 0 aliphatic carbocycles. The van der Waals surface area contributed by atoms with Gasteiger partial charge in [-0.05, 0) is 65.0 Å². The topological polar surface area (TPSA) is 88.6 Å². The second-order valence-electron chi connectivity index (χ2n) is 5.71. The lowest BCUT2D eigenvalue weighted by Crippen LogP contribution is -2.32. The molecule has 0 rings (SSSR count). The third-order valence-corrected chi connectivity index (χ3v) is 3.53. The zero-order valence-corrected chi connectivity index (χ0v) is 14.5. The van der Waals surface area contributed by atoms with Crippen LogP contribution < -0.4 is 21.3 Å². The van der Waals surface area contributed by atoms with Crippen LogP contribution in [-0.2, 0) is 0 Å². The number of rotatable bonds is 17. The number of hydrogen-bond acceptors (Lipinski definition) is 6. The van der Waals surface area contributed by atoms with E-state index in [1.165, 1.54) is 0 Å². The first-order valence-corrected chi connectivity index (χ1v) is 8.89. The quantitative estimate of drug-likeness (QED) is 0.206. The van der Waals surface area contributed by atoms with Crippen molar-refractivity contribution in [3.05, 3.63) is 0 Å². The zero-order valence-electron chi connectivity index (χ0n) is 14.5. The van der Waals surface area contributed by atoms with Gasteiger partial charge >= 0.3 is 0 Å². The van der Waals surface area contributed by atoms with E-state index in [0.717, 1.165) is 65.0 Å². The Labute approximate surface area is 136 Å². The van der Waals surface area contributed by atoms with E-state index in [4.69, 9.17) is 0 Å². The molecule has 0 spiro atoms. The number of nitrogens with one attached hydrogen (secondary N) is 4. The van der Waals surface area contributed by atoms with Gasteiger partial charge in [0.05, 0.1) is 12.2 Å². The van der Waals surface area contributed by atoms with E-state index in [0.29, 0.717) is 13.1 Å². The Bertz CT molecular complexity index is 198. The average molecular weight is 319 g/mol. The first-order valence-electron chi connectivity index (χ1n) is 8.89. The second kappa shape index (κ2) is 17.1. The molecular weight excluding hydrogens is 280 g/mol. The first-order chi connectivity index (χ1) is 10.7. The van der Waals surface area contributed by atoms with E-state index in [-0.39, 0.29) is 12.2 Å². The van der Waals surface area contributed by atoms with Crippen LogP contribution in [0.15, 0.2) is 0 Å². The number of aliphatic hydroxyl groups excluding tert-OH is 2. The van der Waals surface area contributed by atoms with Crippen LogP contribution in [0.25, 0.3) is 0 Å². The van der Waals surface area contributed by atoms with E-state index in [2.05, 4.69) is 35.1 Å². The number of hydrogen-bond donors (Lipinski definition) is 6. The lowest BCUT2D eigenvalue weighted by molar-refractivity contribution is 0.159. The highest BCUT2D eigenvalue weighted by atomic mass is 16.3. The fraction of sp³-hybridized carbons (Fsp3) is 1.00. The van der Waals surface area contributed by atoms with Gasteiger partial charge in [0, 0.05) is 13.1 Å². The maximum absolute atomic E-state index is 9.72. The summed E-state index contributed by atoms with van der Waals surface area (Å²) in [4.78, 5) is 0. The maximum atomic E-state index is 9.72. The number of aliphatic hydroxyl groups is 2. The summed E-state index contributed by atoms with van der Waals surface area (Å²) in [6.07, 6.45) is 3.24. The molecule has 0 saturated carbocycles. The molecule has 0 aromatic heterocycles. The Balaban J connectivity index is 3.19. The molecule has 0 saturated heterocycles. The lowest BCUT2D eigenvalue weighted by Gasteiger charge is -2.13. The minimum absolute atomic E-state index is 0.260. The van der Waals surface area contributed by atoms with Gasteiger partial charge in [-0.25, -0.2) is 0 Å². The molecule has 0 amide bonds. The molecule has 2 atom stereocenters. The summed E-state index contributed by atoms with van der Waals surface area (Å²) in [6, 6.07) is 0. The third-order valence-electron chi connectivity index (χ3n) is 3.53. The van der Waals surface area contributed by atoms with Crippen LogP contribution in [0.2, 0.25) is 0 Å². The van der Waals surface area contributed by atoms with Gasteiger partial charge in [-0.3, -0.25) is 0 Å². The average Bonchev–Trinajstić information content (AvgIpc) is 2.50. The van der Waals surface area contributed by atoms with Crippen molar-refractivity contribution in [2.75, 3.05) is 52.4 Å². The lowest BCUT2D eigenvalue weighted by atomic mass is 10.2. The summed E-state index contributed by atoms with van der Waals surface area (Å²) in [5, 5.41) is 32.4. The van der Waals surface area contributed by atoms with Crippen LogP contribution in [0, 0.1) is 0 Å². The highest BCUT2D eigenvalue weighted by Crippen LogP contribution is 1.91. The van der Waals surface area contributed by atoms with E-state index in [1.54, 1.807) is 0 Å². The fourth-order valence-corrected chi connectivity index (χ4v) is 2.13. The molecule has 0 aromatic rings. The van der Waals surface area contributed by atoms with Crippen LogP contribution in [0.5, 0.6) is 0 Å². The maximum Gasteiger partial charge on any atom is 0.0676 e. The molecule has 0 heterocycles. The summed E-state index contributed by atoms with van der Waals surface area (Å²) in [5.74, 6) is 0. The predicted molar refractivity (Wildman–Crippen MR) is 93.3 cm³/mol. The van der Waals surface area contributed by atoms with Gasteiger partial charge in [0.1, 0.15) is 0 Å². The Kier molecular flexibility index (Phi) is 16.9. The van der Waals surface area contributed by atoms with Crippen molar-refractivity contribution in [2.45, 2.75) is 51.7 Å². The predicted octanol–water partition coefficient (Wildman–Crippen LogP) is -0.333. The molecule has 2 unspecified atom stereocenters. The third kappa shape index (κ3) is 16.1. The smallest absolute Gasteiger partial charge is 0.0676 e. The van der Waals surface area contributed by atoms with Crippen LogP contribution in [0.4, 0.5) is 0 Å². The minimum Gasteiger partial charge on any atom is -0.392 e. The van der Waals surface area contributed by atoms with Gasteiger partial charge < -0.3 is 31.5 Å². The highest BCUT2D eigenvalue weighted by Gasteiger charge is 2.03. The van der Waals surface area contributed by atoms with Crippen molar-refractivity contribution in [1.82, 2.24) is 21.3 Å². The molecule has 0 aliphatic rings. The first kappa shape index (κ1) is 21.8. The SMILES string of the molecule is CCNCCC(O)CNCCCCNCC(O)CCNCC. The monoisotopic (exact) mass is 318 g/mol. The van der Waals surface area contributed by atoms with Crippen LogP contribution in [-0.4, -0.2) is 74.8 Å². The van der Waals surface area contributed by atoms with Gasteiger partial charge in [0.25, 0.3) is 0 Å². The van der Waals surface area contributed by atoms with Gasteiger partial charge in [-0.15, -0.1) is 0 Å². The molecule has 0 fully saturated rings. The van der Waals surface area contributed by atoms with E-state index in [9.17, 15) is 10.2 Å². The summed E-state index contributed by atoms with van der Waals surface area (Å²) in [7, 11) is 0. The van der Waals surface area contributed by atoms with E-state index >= 15 is 0 Å². The van der Waals surface area contributed by atoms with Gasteiger partial charge in [-0.1, -0.05) is 13.8 Å². The molecule has 6 heteroatoms. The molecule has 134 valence electrons. The van der Waals surface area contributed by atoms with Gasteiger partial charge in [0.2, 0.25) is 0 Å². The zero-order chi connectivity index (χ0) is 16.5. The van der Waals surface area contributed by atoms with Crippen molar-refractivity contribution < 1.29 is 10.2 Å². The summed E-state index contributed by atoms with van der Waals surface area (Å²) >= 11 is 0. The second-order valence-corrected chi connectivity index (χ2v) is 5.71. The van der Waals surface area contributed by atoms with E-state index < -0.39 is 0 Å². The molecule has 0 aromatic carbocycles. The van der Waals surface area contributed by atoms with E-state index in [1.807, 2.05) is 0 Å². The summed E-state index contributed by atoms with van der Waals surface area (Å²) < 4.78 is 0. The summed E-state index contributed by atoms with van der Waals surface area (Å²) in [5.41, 5.74) is 0. The molecular formula is C16H38N4O2. The molecule has 0 radical (unpaired) electrons. The van der Waals surface area contributed by atoms with Crippen LogP contribution in [0.3, 0.4) is 0 Å². The van der Waals surface area contributed by atoms with Crippen molar-refractivity contribution in [3.8, 4) is 0 Å².